The van der Waals surface area contributed by atoms with Gasteiger partial charge < -0.3 is 10.8 Å². The van der Waals surface area contributed by atoms with Gasteiger partial charge in [-0.15, -0.1) is 0 Å². The van der Waals surface area contributed by atoms with E-state index in [0.29, 0.717) is 12.5 Å². The van der Waals surface area contributed by atoms with Crippen molar-refractivity contribution in [1.82, 2.24) is 9.80 Å². The van der Waals surface area contributed by atoms with Crippen molar-refractivity contribution in [2.75, 3.05) is 39.3 Å². The molecule has 5 heteroatoms. The van der Waals surface area contributed by atoms with E-state index in [4.69, 9.17) is 16.2 Å². The smallest absolute Gasteiger partial charge is 0.0921 e. The first-order valence-corrected chi connectivity index (χ1v) is 6.57. The van der Waals surface area contributed by atoms with E-state index in [0.717, 1.165) is 45.6 Å². The number of hydrogen-bond donors (Lipinski definition) is 3. The zero-order valence-corrected chi connectivity index (χ0v) is 10.9. The lowest BCUT2D eigenvalue weighted by atomic mass is 10.1. The Hall–Kier alpha value is -0.650. The van der Waals surface area contributed by atoms with Crippen LogP contribution in [0.15, 0.2) is 0 Å². The Morgan fingerprint density at radius 3 is 2.71 bits per heavy atom. The van der Waals surface area contributed by atoms with Crippen LogP contribution in [-0.4, -0.2) is 66.1 Å². The van der Waals surface area contributed by atoms with Gasteiger partial charge in [-0.1, -0.05) is 6.92 Å². The van der Waals surface area contributed by atoms with Crippen molar-refractivity contribution < 1.29 is 5.11 Å². The molecule has 1 aliphatic rings. The SMILES string of the molecule is CCC(CC(=N)N)N1CCCN(CCO)CC1. The molecule has 1 fully saturated rings. The first-order valence-electron chi connectivity index (χ1n) is 6.57. The van der Waals surface area contributed by atoms with Crippen LogP contribution in [-0.2, 0) is 0 Å². The summed E-state index contributed by atoms with van der Waals surface area (Å²) in [4.78, 5) is 4.75. The first-order chi connectivity index (χ1) is 8.17. The molecular formula is C12H26N4O. The van der Waals surface area contributed by atoms with Crippen LogP contribution < -0.4 is 5.73 Å². The number of nitrogens with zero attached hydrogens (tertiary/aromatic N) is 2. The molecule has 1 saturated heterocycles. The molecule has 0 radical (unpaired) electrons. The van der Waals surface area contributed by atoms with Gasteiger partial charge in [0.2, 0.25) is 0 Å². The molecule has 1 aliphatic heterocycles. The Bertz CT molecular complexity index is 235. The van der Waals surface area contributed by atoms with E-state index < -0.39 is 0 Å². The standard InChI is InChI=1S/C12H26N4O/c1-2-11(10-12(13)14)16-5-3-4-15(6-7-16)8-9-17/h11,17H,2-10H2,1H3,(H3,13,14). The molecule has 5 nitrogen and oxygen atoms in total. The molecule has 0 aromatic heterocycles. The van der Waals surface area contributed by atoms with Gasteiger partial charge in [-0.3, -0.25) is 15.2 Å². The van der Waals surface area contributed by atoms with Gasteiger partial charge in [0.15, 0.2) is 0 Å². The summed E-state index contributed by atoms with van der Waals surface area (Å²) in [7, 11) is 0. The lowest BCUT2D eigenvalue weighted by Gasteiger charge is -2.29. The molecule has 0 aromatic carbocycles. The number of hydrogen-bond acceptors (Lipinski definition) is 4. The molecular weight excluding hydrogens is 216 g/mol. The molecule has 0 saturated carbocycles. The summed E-state index contributed by atoms with van der Waals surface area (Å²) < 4.78 is 0. The molecule has 0 aliphatic carbocycles. The van der Waals surface area contributed by atoms with Crippen molar-refractivity contribution in [2.24, 2.45) is 5.73 Å². The largest absolute Gasteiger partial charge is 0.395 e. The van der Waals surface area contributed by atoms with E-state index in [1.807, 2.05) is 0 Å². The summed E-state index contributed by atoms with van der Waals surface area (Å²) in [5.74, 6) is 0.285. The van der Waals surface area contributed by atoms with Crippen molar-refractivity contribution in [3.8, 4) is 0 Å². The van der Waals surface area contributed by atoms with Crippen LogP contribution in [0.5, 0.6) is 0 Å². The third kappa shape index (κ3) is 5.02. The van der Waals surface area contributed by atoms with Gasteiger partial charge in [-0.05, 0) is 25.9 Å². The Kier molecular flexibility index (Phi) is 6.47. The number of aliphatic hydroxyl groups is 1. The summed E-state index contributed by atoms with van der Waals surface area (Å²) in [6.07, 6.45) is 2.85. The monoisotopic (exact) mass is 242 g/mol. The minimum Gasteiger partial charge on any atom is -0.395 e. The third-order valence-corrected chi connectivity index (χ3v) is 3.48. The van der Waals surface area contributed by atoms with Gasteiger partial charge in [0.05, 0.1) is 12.4 Å². The predicted octanol–water partition coefficient (Wildman–Crippen LogP) is 0.0911. The summed E-state index contributed by atoms with van der Waals surface area (Å²) in [6.45, 7) is 7.34. The second-order valence-corrected chi connectivity index (χ2v) is 4.75. The number of nitrogens with two attached hydrogens (primary N) is 1. The van der Waals surface area contributed by atoms with Crippen molar-refractivity contribution in [2.45, 2.75) is 32.2 Å². The molecule has 17 heavy (non-hydrogen) atoms. The lowest BCUT2D eigenvalue weighted by Crippen LogP contribution is -2.40. The van der Waals surface area contributed by atoms with E-state index in [2.05, 4.69) is 16.7 Å². The highest BCUT2D eigenvalue weighted by molar-refractivity contribution is 5.77. The second-order valence-electron chi connectivity index (χ2n) is 4.75. The van der Waals surface area contributed by atoms with E-state index in [1.165, 1.54) is 0 Å². The fourth-order valence-electron chi connectivity index (χ4n) is 2.51. The highest BCUT2D eigenvalue weighted by Crippen LogP contribution is 2.12. The van der Waals surface area contributed by atoms with Gasteiger partial charge >= 0.3 is 0 Å². The van der Waals surface area contributed by atoms with Crippen molar-refractivity contribution in [3.63, 3.8) is 0 Å². The van der Waals surface area contributed by atoms with Crippen molar-refractivity contribution in [1.29, 1.82) is 5.41 Å². The van der Waals surface area contributed by atoms with Crippen LogP contribution in [0.25, 0.3) is 0 Å². The topological polar surface area (TPSA) is 76.6 Å². The fourth-order valence-corrected chi connectivity index (χ4v) is 2.51. The van der Waals surface area contributed by atoms with E-state index in [9.17, 15) is 0 Å². The molecule has 100 valence electrons. The maximum atomic E-state index is 8.95. The quantitative estimate of drug-likeness (QED) is 0.456. The Balaban J connectivity index is 2.45. The van der Waals surface area contributed by atoms with E-state index in [-0.39, 0.29) is 12.4 Å². The van der Waals surface area contributed by atoms with Crippen LogP contribution >= 0.6 is 0 Å². The number of amidine groups is 1. The summed E-state index contributed by atoms with van der Waals surface area (Å²) >= 11 is 0. The highest BCUT2D eigenvalue weighted by atomic mass is 16.3. The number of rotatable bonds is 6. The number of aliphatic hydroxyl groups excluding tert-OH is 1. The maximum Gasteiger partial charge on any atom is 0.0921 e. The van der Waals surface area contributed by atoms with Gasteiger partial charge in [-0.25, -0.2) is 0 Å². The summed E-state index contributed by atoms with van der Waals surface area (Å²) in [6, 6.07) is 0.404. The molecule has 4 N–H and O–H groups in total. The van der Waals surface area contributed by atoms with Crippen LogP contribution in [0.1, 0.15) is 26.2 Å². The maximum absolute atomic E-state index is 8.95. The van der Waals surface area contributed by atoms with Gasteiger partial charge in [0.25, 0.3) is 0 Å². The zero-order valence-electron chi connectivity index (χ0n) is 10.9. The lowest BCUT2D eigenvalue weighted by molar-refractivity contribution is 0.179. The van der Waals surface area contributed by atoms with Gasteiger partial charge in [0.1, 0.15) is 0 Å². The third-order valence-electron chi connectivity index (χ3n) is 3.48. The molecule has 1 rings (SSSR count). The van der Waals surface area contributed by atoms with E-state index in [1.54, 1.807) is 0 Å². The number of nitrogens with one attached hydrogen (secondary N) is 1. The molecule has 1 unspecified atom stereocenters. The molecule has 1 heterocycles. The van der Waals surface area contributed by atoms with Crippen molar-refractivity contribution in [3.05, 3.63) is 0 Å². The average molecular weight is 242 g/mol. The van der Waals surface area contributed by atoms with Crippen LogP contribution in [0.4, 0.5) is 0 Å². The zero-order chi connectivity index (χ0) is 12.7. The minimum absolute atomic E-state index is 0.241. The fraction of sp³-hybridized carbons (Fsp3) is 0.917. The second kappa shape index (κ2) is 7.63. The van der Waals surface area contributed by atoms with Gasteiger partial charge in [-0.2, -0.15) is 0 Å². The Morgan fingerprint density at radius 2 is 2.12 bits per heavy atom. The first kappa shape index (κ1) is 14.4. The van der Waals surface area contributed by atoms with Crippen LogP contribution in [0.3, 0.4) is 0 Å². The molecule has 0 spiro atoms. The Labute approximate surface area is 104 Å². The van der Waals surface area contributed by atoms with Crippen LogP contribution in [0.2, 0.25) is 0 Å². The average Bonchev–Trinajstić information content (AvgIpc) is 2.52. The summed E-state index contributed by atoms with van der Waals surface area (Å²) in [5, 5.41) is 16.4. The minimum atomic E-state index is 0.241. The van der Waals surface area contributed by atoms with Crippen LogP contribution in [0, 0.1) is 5.41 Å². The summed E-state index contributed by atoms with van der Waals surface area (Å²) in [5.41, 5.74) is 5.50. The van der Waals surface area contributed by atoms with E-state index >= 15 is 0 Å². The molecule has 1 atom stereocenters. The molecule has 0 bridgehead atoms. The van der Waals surface area contributed by atoms with Gasteiger partial charge in [0, 0.05) is 32.1 Å². The normalized spacial score (nSPS) is 21.1. The molecule has 0 amide bonds. The number of β-amino-alcohol motifs (C(OH)–C–C–N with tert-alkyl or cyclic N) is 1. The Morgan fingerprint density at radius 1 is 1.35 bits per heavy atom. The highest BCUT2D eigenvalue weighted by Gasteiger charge is 2.21. The molecule has 0 aromatic rings. The van der Waals surface area contributed by atoms with Crippen molar-refractivity contribution >= 4 is 5.84 Å². The predicted molar refractivity (Wildman–Crippen MR) is 70.3 cm³/mol.